The van der Waals surface area contributed by atoms with E-state index in [4.69, 9.17) is 5.11 Å². The number of aliphatic hydroxyl groups is 1. The first-order valence-electron chi connectivity index (χ1n) is 9.43. The minimum atomic E-state index is -0.0920. The van der Waals surface area contributed by atoms with Crippen molar-refractivity contribution in [2.24, 2.45) is 11.8 Å². The van der Waals surface area contributed by atoms with Crippen LogP contribution in [0.1, 0.15) is 39.2 Å². The molecule has 1 saturated heterocycles. The van der Waals surface area contributed by atoms with Gasteiger partial charge in [0.25, 0.3) is 0 Å². The molecule has 5 heteroatoms. The summed E-state index contributed by atoms with van der Waals surface area (Å²) in [6.45, 7) is 9.52. The lowest BCUT2D eigenvalue weighted by Crippen LogP contribution is -2.57. The molecule has 0 aromatic heterocycles. The van der Waals surface area contributed by atoms with Crippen LogP contribution >= 0.6 is 0 Å². The van der Waals surface area contributed by atoms with Crippen molar-refractivity contribution < 1.29 is 9.90 Å². The number of carbonyl (C=O) groups excluding carboxylic acids is 1. The number of amides is 2. The summed E-state index contributed by atoms with van der Waals surface area (Å²) >= 11 is 0. The molecule has 2 rings (SSSR count). The molecule has 140 valence electrons. The van der Waals surface area contributed by atoms with Gasteiger partial charge >= 0.3 is 6.03 Å². The van der Waals surface area contributed by atoms with Crippen LogP contribution in [0, 0.1) is 11.8 Å². The van der Waals surface area contributed by atoms with Gasteiger partial charge in [0.2, 0.25) is 0 Å². The number of carbonyl (C=O) groups is 1. The second-order valence-electron chi connectivity index (χ2n) is 7.54. The second kappa shape index (κ2) is 9.78. The number of nitrogens with zero attached hydrogens (tertiary/aromatic N) is 1. The van der Waals surface area contributed by atoms with Crippen molar-refractivity contribution in [2.45, 2.75) is 52.2 Å². The molecule has 1 aromatic rings. The van der Waals surface area contributed by atoms with Gasteiger partial charge in [0.15, 0.2) is 0 Å². The minimum Gasteiger partial charge on any atom is -0.396 e. The van der Waals surface area contributed by atoms with Gasteiger partial charge in [-0.3, -0.25) is 4.90 Å². The van der Waals surface area contributed by atoms with E-state index < -0.39 is 0 Å². The molecular formula is C20H33N3O2. The second-order valence-corrected chi connectivity index (χ2v) is 7.54. The number of nitrogens with one attached hydrogen (secondary N) is 2. The summed E-state index contributed by atoms with van der Waals surface area (Å²) in [4.78, 5) is 14.7. The third kappa shape index (κ3) is 6.33. The van der Waals surface area contributed by atoms with E-state index in [1.807, 2.05) is 13.0 Å². The summed E-state index contributed by atoms with van der Waals surface area (Å²) < 4.78 is 0. The summed E-state index contributed by atoms with van der Waals surface area (Å²) in [6, 6.07) is 10.7. The van der Waals surface area contributed by atoms with E-state index in [9.17, 15) is 4.79 Å². The Hall–Kier alpha value is -1.59. The summed E-state index contributed by atoms with van der Waals surface area (Å²) in [6.07, 6.45) is 1.51. The van der Waals surface area contributed by atoms with Crippen LogP contribution in [0.3, 0.4) is 0 Å². The predicted octanol–water partition coefficient (Wildman–Crippen LogP) is 2.60. The fraction of sp³-hybridized carbons (Fsp3) is 0.650. The molecular weight excluding hydrogens is 314 g/mol. The quantitative estimate of drug-likeness (QED) is 0.710. The van der Waals surface area contributed by atoms with E-state index in [-0.39, 0.29) is 24.7 Å². The van der Waals surface area contributed by atoms with Crippen molar-refractivity contribution in [2.75, 3.05) is 19.7 Å². The van der Waals surface area contributed by atoms with Crippen LogP contribution in [-0.4, -0.2) is 47.8 Å². The van der Waals surface area contributed by atoms with Gasteiger partial charge in [-0.15, -0.1) is 0 Å². The van der Waals surface area contributed by atoms with Gasteiger partial charge in [-0.1, -0.05) is 44.2 Å². The van der Waals surface area contributed by atoms with Crippen molar-refractivity contribution in [1.82, 2.24) is 15.5 Å². The van der Waals surface area contributed by atoms with E-state index in [1.54, 1.807) is 0 Å². The van der Waals surface area contributed by atoms with Gasteiger partial charge in [0.05, 0.1) is 0 Å². The Balaban J connectivity index is 1.82. The Labute approximate surface area is 151 Å². The zero-order valence-electron chi connectivity index (χ0n) is 15.7. The fourth-order valence-corrected chi connectivity index (χ4v) is 3.82. The van der Waals surface area contributed by atoms with Crippen LogP contribution in [0.25, 0.3) is 0 Å². The van der Waals surface area contributed by atoms with Gasteiger partial charge < -0.3 is 15.7 Å². The molecule has 5 nitrogen and oxygen atoms in total. The zero-order valence-corrected chi connectivity index (χ0v) is 15.7. The van der Waals surface area contributed by atoms with Crippen LogP contribution in [-0.2, 0) is 6.54 Å². The molecule has 3 N–H and O–H groups in total. The molecule has 0 radical (unpaired) electrons. The molecule has 1 aliphatic rings. The lowest BCUT2D eigenvalue weighted by molar-refractivity contribution is 0.0978. The fourth-order valence-electron chi connectivity index (χ4n) is 3.82. The molecule has 3 atom stereocenters. The monoisotopic (exact) mass is 347 g/mol. The zero-order chi connectivity index (χ0) is 18.2. The Morgan fingerprint density at radius 3 is 2.48 bits per heavy atom. The highest BCUT2D eigenvalue weighted by atomic mass is 16.3. The molecule has 1 fully saturated rings. The number of rotatable bonds is 7. The number of benzene rings is 1. The third-order valence-electron chi connectivity index (χ3n) is 5.04. The van der Waals surface area contributed by atoms with Crippen LogP contribution in [0.4, 0.5) is 4.79 Å². The summed E-state index contributed by atoms with van der Waals surface area (Å²) in [5.74, 6) is 0.817. The topological polar surface area (TPSA) is 64.6 Å². The Morgan fingerprint density at radius 1 is 1.24 bits per heavy atom. The van der Waals surface area contributed by atoms with Crippen LogP contribution < -0.4 is 10.6 Å². The highest BCUT2D eigenvalue weighted by molar-refractivity contribution is 5.74. The Morgan fingerprint density at radius 2 is 1.88 bits per heavy atom. The SMILES string of the molecule is CC(CCCO)NC(=O)NC1C(C)CN(Cc2ccccc2)CC1C. The maximum atomic E-state index is 12.3. The number of urea groups is 1. The highest BCUT2D eigenvalue weighted by Crippen LogP contribution is 2.23. The van der Waals surface area contributed by atoms with Crippen molar-refractivity contribution in [1.29, 1.82) is 0 Å². The Kier molecular flexibility index (Phi) is 7.72. The number of likely N-dealkylation sites (tertiary alicyclic amines) is 1. The van der Waals surface area contributed by atoms with Crippen molar-refractivity contribution in [3.05, 3.63) is 35.9 Å². The van der Waals surface area contributed by atoms with Crippen LogP contribution in [0.5, 0.6) is 0 Å². The van der Waals surface area contributed by atoms with E-state index in [2.05, 4.69) is 53.6 Å². The molecule has 25 heavy (non-hydrogen) atoms. The predicted molar refractivity (Wildman–Crippen MR) is 101 cm³/mol. The number of hydrogen-bond acceptors (Lipinski definition) is 3. The first kappa shape index (κ1) is 19.7. The number of piperidine rings is 1. The van der Waals surface area contributed by atoms with Gasteiger partial charge in [0.1, 0.15) is 0 Å². The van der Waals surface area contributed by atoms with Gasteiger partial charge in [-0.2, -0.15) is 0 Å². The molecule has 1 aromatic carbocycles. The first-order chi connectivity index (χ1) is 12.0. The first-order valence-corrected chi connectivity index (χ1v) is 9.43. The molecule has 1 heterocycles. The summed E-state index contributed by atoms with van der Waals surface area (Å²) in [7, 11) is 0. The standard InChI is InChI=1S/C20H33N3O2/c1-15-12-23(14-18-9-5-4-6-10-18)13-16(2)19(15)22-20(25)21-17(3)8-7-11-24/h4-6,9-10,15-17,19,24H,7-8,11-14H2,1-3H3,(H2,21,22,25). The number of hydrogen-bond donors (Lipinski definition) is 3. The van der Waals surface area contributed by atoms with E-state index in [0.29, 0.717) is 18.3 Å². The van der Waals surface area contributed by atoms with Crippen molar-refractivity contribution in [3.8, 4) is 0 Å². The van der Waals surface area contributed by atoms with Crippen molar-refractivity contribution >= 4 is 6.03 Å². The van der Waals surface area contributed by atoms with E-state index in [0.717, 1.165) is 26.1 Å². The van der Waals surface area contributed by atoms with E-state index in [1.165, 1.54) is 5.56 Å². The summed E-state index contributed by atoms with van der Waals surface area (Å²) in [5, 5.41) is 15.0. The lowest BCUT2D eigenvalue weighted by atomic mass is 9.85. The highest BCUT2D eigenvalue weighted by Gasteiger charge is 2.33. The average molecular weight is 348 g/mol. The molecule has 2 amide bonds. The largest absolute Gasteiger partial charge is 0.396 e. The van der Waals surface area contributed by atoms with Gasteiger partial charge in [0, 0.05) is 38.3 Å². The molecule has 0 bridgehead atoms. The molecule has 0 saturated carbocycles. The number of aliphatic hydroxyl groups excluding tert-OH is 1. The summed E-state index contributed by atoms with van der Waals surface area (Å²) in [5.41, 5.74) is 1.34. The molecule has 1 aliphatic heterocycles. The van der Waals surface area contributed by atoms with Crippen molar-refractivity contribution in [3.63, 3.8) is 0 Å². The maximum Gasteiger partial charge on any atom is 0.315 e. The van der Waals surface area contributed by atoms with Crippen LogP contribution in [0.2, 0.25) is 0 Å². The smallest absolute Gasteiger partial charge is 0.315 e. The average Bonchev–Trinajstić information content (AvgIpc) is 2.57. The van der Waals surface area contributed by atoms with Gasteiger partial charge in [-0.25, -0.2) is 4.79 Å². The Bertz CT molecular complexity index is 511. The van der Waals surface area contributed by atoms with Gasteiger partial charge in [-0.05, 0) is 37.2 Å². The maximum absolute atomic E-state index is 12.3. The van der Waals surface area contributed by atoms with E-state index >= 15 is 0 Å². The molecule has 0 spiro atoms. The minimum absolute atomic E-state index is 0.0796. The lowest BCUT2D eigenvalue weighted by Gasteiger charge is -2.41. The normalized spacial score (nSPS) is 25.4. The van der Waals surface area contributed by atoms with Crippen LogP contribution in [0.15, 0.2) is 30.3 Å². The third-order valence-corrected chi connectivity index (χ3v) is 5.04. The molecule has 3 unspecified atom stereocenters. The molecule has 0 aliphatic carbocycles.